The number of carboxylic acids is 1. The number of methoxy groups -OCH3 is 1. The quantitative estimate of drug-likeness (QED) is 0.787. The van der Waals surface area contributed by atoms with Crippen LogP contribution in [0, 0.1) is 11.8 Å². The Bertz CT molecular complexity index is 669. The molecule has 0 unspecified atom stereocenters. The van der Waals surface area contributed by atoms with Crippen LogP contribution in [0.15, 0.2) is 23.1 Å². The third kappa shape index (κ3) is 4.30. The second-order valence-corrected chi connectivity index (χ2v) is 6.35. The molecular weight excluding hydrogens is 361 g/mol. The van der Waals surface area contributed by atoms with Gasteiger partial charge in [-0.3, -0.25) is 4.79 Å². The topological polar surface area (TPSA) is 78.9 Å². The molecule has 25 heavy (non-hydrogen) atoms. The zero-order valence-corrected chi connectivity index (χ0v) is 14.3. The zero-order valence-electron chi connectivity index (χ0n) is 13.5. The molecule has 1 aliphatic heterocycles. The highest BCUT2D eigenvalue weighted by atomic mass is 32.2. The molecule has 10 heteroatoms. The Morgan fingerprint density at radius 3 is 2.52 bits per heavy atom. The lowest BCUT2D eigenvalue weighted by Crippen LogP contribution is -2.35. The van der Waals surface area contributed by atoms with Crippen molar-refractivity contribution in [3.8, 4) is 5.75 Å². The van der Waals surface area contributed by atoms with Gasteiger partial charge >= 0.3 is 18.2 Å². The van der Waals surface area contributed by atoms with Gasteiger partial charge in [-0.2, -0.15) is 13.2 Å². The molecule has 1 aromatic carbocycles. The highest BCUT2D eigenvalue weighted by Gasteiger charge is 2.53. The van der Waals surface area contributed by atoms with Crippen molar-refractivity contribution in [3.63, 3.8) is 0 Å². The number of likely N-dealkylation sites (tertiary alicyclic amines) is 1. The van der Waals surface area contributed by atoms with Crippen molar-refractivity contribution in [1.29, 1.82) is 0 Å². The number of ether oxygens (including phenoxy) is 1. The van der Waals surface area contributed by atoms with Crippen LogP contribution < -0.4 is 10.1 Å². The van der Waals surface area contributed by atoms with E-state index >= 15 is 0 Å². The number of nitrogens with one attached hydrogen (secondary N) is 1. The number of halogens is 3. The summed E-state index contributed by atoms with van der Waals surface area (Å²) in [5.74, 6) is -4.70. The lowest BCUT2D eigenvalue weighted by Gasteiger charge is -2.19. The predicted molar refractivity (Wildman–Crippen MR) is 86.0 cm³/mol. The molecule has 1 aromatic rings. The Labute approximate surface area is 146 Å². The molecule has 2 rings (SSSR count). The number of thioether (sulfide) groups is 1. The molecule has 2 atom stereocenters. The molecule has 0 saturated carbocycles. The van der Waals surface area contributed by atoms with Gasteiger partial charge in [0.25, 0.3) is 0 Å². The molecule has 2 N–H and O–H groups in total. The number of carbonyl (C=O) groups excluding carboxylic acids is 1. The van der Waals surface area contributed by atoms with Gasteiger partial charge in [-0.1, -0.05) is 0 Å². The first-order valence-corrected chi connectivity index (χ1v) is 8.47. The molecule has 1 aliphatic rings. The summed E-state index contributed by atoms with van der Waals surface area (Å²) in [5.41, 5.74) is 0.387. The van der Waals surface area contributed by atoms with E-state index in [0.29, 0.717) is 11.4 Å². The van der Waals surface area contributed by atoms with Crippen molar-refractivity contribution in [3.05, 3.63) is 18.2 Å². The monoisotopic (exact) mass is 378 g/mol. The first kappa shape index (κ1) is 19.2. The molecule has 0 aliphatic carbocycles. The largest absolute Gasteiger partial charge is 0.496 e. The number of nitrogens with zero attached hydrogens (tertiary/aromatic N) is 1. The fraction of sp³-hybridized carbons (Fsp3) is 0.467. The summed E-state index contributed by atoms with van der Waals surface area (Å²) in [6.45, 7) is -1.17. The van der Waals surface area contributed by atoms with Gasteiger partial charge < -0.3 is 20.1 Å². The Morgan fingerprint density at radius 1 is 1.36 bits per heavy atom. The highest BCUT2D eigenvalue weighted by Crippen LogP contribution is 2.38. The molecule has 0 spiro atoms. The number of rotatable bonds is 4. The Morgan fingerprint density at radius 2 is 2.04 bits per heavy atom. The van der Waals surface area contributed by atoms with E-state index in [1.165, 1.54) is 18.9 Å². The van der Waals surface area contributed by atoms with Crippen molar-refractivity contribution >= 4 is 29.4 Å². The van der Waals surface area contributed by atoms with Gasteiger partial charge in [-0.05, 0) is 24.5 Å². The summed E-state index contributed by atoms with van der Waals surface area (Å²) in [4.78, 5) is 24.9. The van der Waals surface area contributed by atoms with Crippen molar-refractivity contribution in [2.75, 3.05) is 31.8 Å². The van der Waals surface area contributed by atoms with Gasteiger partial charge in [0, 0.05) is 18.8 Å². The minimum atomic E-state index is -4.68. The van der Waals surface area contributed by atoms with Crippen LogP contribution in [0.2, 0.25) is 0 Å². The van der Waals surface area contributed by atoms with Crippen molar-refractivity contribution < 1.29 is 32.6 Å². The smallest absolute Gasteiger partial charge is 0.394 e. The normalized spacial score (nSPS) is 20.4. The van der Waals surface area contributed by atoms with Crippen molar-refractivity contribution in [2.24, 2.45) is 11.8 Å². The molecule has 2 amide bonds. The summed E-state index contributed by atoms with van der Waals surface area (Å²) >= 11 is 1.39. The maximum Gasteiger partial charge on any atom is 0.394 e. The van der Waals surface area contributed by atoms with Gasteiger partial charge in [0.15, 0.2) is 0 Å². The van der Waals surface area contributed by atoms with Gasteiger partial charge in [0.1, 0.15) is 5.75 Å². The maximum atomic E-state index is 13.0. The van der Waals surface area contributed by atoms with Crippen LogP contribution in [-0.2, 0) is 4.79 Å². The lowest BCUT2D eigenvalue weighted by molar-refractivity contribution is -0.187. The number of benzene rings is 1. The summed E-state index contributed by atoms with van der Waals surface area (Å²) in [7, 11) is 1.50. The number of anilines is 1. The predicted octanol–water partition coefficient (Wildman–Crippen LogP) is 3.14. The van der Waals surface area contributed by atoms with E-state index in [0.717, 1.165) is 9.80 Å². The van der Waals surface area contributed by atoms with Crippen molar-refractivity contribution in [2.45, 2.75) is 11.1 Å². The molecule has 0 bridgehead atoms. The van der Waals surface area contributed by atoms with E-state index in [9.17, 15) is 22.8 Å². The summed E-state index contributed by atoms with van der Waals surface area (Å²) < 4.78 is 44.1. The number of carboxylic acid groups (broad SMARTS) is 1. The Hall–Kier alpha value is -2.10. The second-order valence-electron chi connectivity index (χ2n) is 5.50. The number of carbonyl (C=O) groups is 2. The van der Waals surface area contributed by atoms with Gasteiger partial charge in [-0.15, -0.1) is 11.8 Å². The van der Waals surface area contributed by atoms with E-state index in [1.807, 2.05) is 6.26 Å². The fourth-order valence-corrected chi connectivity index (χ4v) is 3.27. The van der Waals surface area contributed by atoms with Gasteiger partial charge in [-0.25, -0.2) is 4.79 Å². The molecule has 0 radical (unpaired) electrons. The fourth-order valence-electron chi connectivity index (χ4n) is 2.67. The van der Waals surface area contributed by atoms with E-state index in [1.54, 1.807) is 18.2 Å². The number of aliphatic carboxylic acids is 1. The summed E-state index contributed by atoms with van der Waals surface area (Å²) in [6.07, 6.45) is -2.86. The molecule has 1 saturated heterocycles. The van der Waals surface area contributed by atoms with E-state index < -0.39 is 43.1 Å². The number of alkyl halides is 3. The highest BCUT2D eigenvalue weighted by molar-refractivity contribution is 7.98. The Kier molecular flexibility index (Phi) is 5.71. The number of urea groups is 1. The number of amides is 2. The average Bonchev–Trinajstić information content (AvgIpc) is 3.00. The molecular formula is C15H17F3N2O4S. The second kappa shape index (κ2) is 7.42. The third-order valence-corrected chi connectivity index (χ3v) is 4.74. The lowest BCUT2D eigenvalue weighted by atomic mass is 9.96. The number of hydrogen-bond acceptors (Lipinski definition) is 4. The van der Waals surface area contributed by atoms with Crippen LogP contribution >= 0.6 is 11.8 Å². The average molecular weight is 378 g/mol. The standard InChI is InChI=1S/C15H17F3N2O4S/c1-24-11-4-3-8(5-12(11)25-2)19-14(23)20-6-9(13(21)22)10(7-20)15(16,17)18/h3-5,9-10H,6-7H2,1-2H3,(H,19,23)(H,21,22)/t9-,10-/m1/s1. The number of hydrogen-bond donors (Lipinski definition) is 2. The molecule has 138 valence electrons. The zero-order chi connectivity index (χ0) is 18.8. The van der Waals surface area contributed by atoms with Crippen LogP contribution in [0.3, 0.4) is 0 Å². The van der Waals surface area contributed by atoms with Gasteiger partial charge in [0.2, 0.25) is 0 Å². The Balaban J connectivity index is 2.12. The van der Waals surface area contributed by atoms with Crippen LogP contribution in [0.5, 0.6) is 5.75 Å². The summed E-state index contributed by atoms with van der Waals surface area (Å²) in [5, 5.41) is 11.5. The van der Waals surface area contributed by atoms with Crippen molar-refractivity contribution in [1.82, 2.24) is 4.90 Å². The van der Waals surface area contributed by atoms with Crippen LogP contribution in [-0.4, -0.2) is 54.6 Å². The maximum absolute atomic E-state index is 13.0. The van der Waals surface area contributed by atoms with E-state index in [-0.39, 0.29) is 0 Å². The van der Waals surface area contributed by atoms with E-state index in [2.05, 4.69) is 5.32 Å². The minimum Gasteiger partial charge on any atom is -0.496 e. The molecule has 1 fully saturated rings. The first-order valence-electron chi connectivity index (χ1n) is 7.24. The van der Waals surface area contributed by atoms with Crippen LogP contribution in [0.1, 0.15) is 0 Å². The molecule has 1 heterocycles. The van der Waals surface area contributed by atoms with Gasteiger partial charge in [0.05, 0.1) is 23.8 Å². The summed E-state index contributed by atoms with van der Waals surface area (Å²) in [6, 6.07) is 4.05. The van der Waals surface area contributed by atoms with E-state index in [4.69, 9.17) is 9.84 Å². The third-order valence-electron chi connectivity index (χ3n) is 3.98. The SMILES string of the molecule is COc1ccc(NC(=O)N2C[C@@H](C(F)(F)F)[C@H](C(=O)O)C2)cc1SC. The minimum absolute atomic E-state index is 0.387. The first-order chi connectivity index (χ1) is 11.7. The molecule has 6 nitrogen and oxygen atoms in total. The van der Waals surface area contributed by atoms with Crippen LogP contribution in [0.4, 0.5) is 23.7 Å². The van der Waals surface area contributed by atoms with Crippen LogP contribution in [0.25, 0.3) is 0 Å². The molecule has 0 aromatic heterocycles.